The topological polar surface area (TPSA) is 88.1 Å². The van der Waals surface area contributed by atoms with Crippen LogP contribution in [0.5, 0.6) is 0 Å². The highest BCUT2D eigenvalue weighted by molar-refractivity contribution is 7.96. The molecule has 0 aliphatic heterocycles. The first-order chi connectivity index (χ1) is 11.1. The van der Waals surface area contributed by atoms with Gasteiger partial charge in [0.05, 0.1) is 4.90 Å². The average molecular weight is 368 g/mol. The summed E-state index contributed by atoms with van der Waals surface area (Å²) in [5.41, 5.74) is 4.18. The Labute approximate surface area is 147 Å². The average Bonchev–Trinajstić information content (AvgIpc) is 2.59. The fraction of sp³-hybridized carbons (Fsp3) is 0.118. The number of benzene rings is 2. The third-order valence-electron chi connectivity index (χ3n) is 3.02. The maximum absolute atomic E-state index is 12.8. The molecule has 0 radical (unpaired) electrons. The van der Waals surface area contributed by atoms with E-state index in [1.807, 2.05) is 6.07 Å². The molecule has 0 unspecified atom stereocenters. The summed E-state index contributed by atoms with van der Waals surface area (Å²) >= 11 is 0. The normalized spacial score (nSPS) is 11.5. The van der Waals surface area contributed by atoms with Crippen LogP contribution in [0, 0.1) is 0 Å². The molecular weight excluding hydrogens is 350 g/mol. The minimum atomic E-state index is -3.96. The van der Waals surface area contributed by atoms with E-state index in [9.17, 15) is 13.2 Å². The molecule has 128 valence electrons. The number of ether oxygens (including phenoxy) is 1. The van der Waals surface area contributed by atoms with Gasteiger partial charge in [0.1, 0.15) is 13.2 Å². The first-order valence-electron chi connectivity index (χ1n) is 7.09. The highest BCUT2D eigenvalue weighted by atomic mass is 35.5. The van der Waals surface area contributed by atoms with E-state index in [2.05, 4.69) is 5.73 Å². The fourth-order valence-corrected chi connectivity index (χ4v) is 3.25. The maximum Gasteiger partial charge on any atom is 0.350 e. The van der Waals surface area contributed by atoms with Crippen molar-refractivity contribution >= 4 is 21.9 Å². The minimum absolute atomic E-state index is 0. The number of halogens is 1. The Morgan fingerprint density at radius 3 is 2.08 bits per heavy atom. The van der Waals surface area contributed by atoms with Crippen molar-refractivity contribution in [2.45, 2.75) is 4.90 Å². The molecule has 0 fully saturated rings. The molecule has 7 heteroatoms. The molecule has 0 atom stereocenters. The molecule has 0 bridgehead atoms. The van der Waals surface area contributed by atoms with Gasteiger partial charge in [-0.3, -0.25) is 0 Å². The first kappa shape index (κ1) is 19.9. The Morgan fingerprint density at radius 1 is 1.00 bits per heavy atom. The summed E-state index contributed by atoms with van der Waals surface area (Å²) < 4.78 is 30.5. The van der Waals surface area contributed by atoms with Gasteiger partial charge in [-0.05, 0) is 23.8 Å². The largest absolute Gasteiger partial charge is 1.00 e. The molecule has 0 saturated carbocycles. The van der Waals surface area contributed by atoms with Crippen LogP contribution in [-0.2, 0) is 19.4 Å². The van der Waals surface area contributed by atoms with Crippen molar-refractivity contribution in [1.82, 2.24) is 0 Å². The second-order valence-electron chi connectivity index (χ2n) is 4.73. The van der Waals surface area contributed by atoms with Crippen molar-refractivity contribution < 1.29 is 36.1 Å². The summed E-state index contributed by atoms with van der Waals surface area (Å²) in [5, 5.41) is 0. The number of esters is 1. The molecule has 5 nitrogen and oxygen atoms in total. The van der Waals surface area contributed by atoms with Crippen LogP contribution in [0.3, 0.4) is 0 Å². The van der Waals surface area contributed by atoms with Crippen LogP contribution in [0.15, 0.2) is 70.5 Å². The van der Waals surface area contributed by atoms with Crippen LogP contribution < -0.4 is 18.1 Å². The standard InChI is InChI=1S/C17H17NO4S.ClH/c18-11-12-22-17(19)16(13-14-7-3-1-4-8-14)23(20,21)15-9-5-2-6-10-15;/h1-10,13H,11-12,18H2;1H/b16-13-;. The summed E-state index contributed by atoms with van der Waals surface area (Å²) in [6, 6.07) is 16.6. The van der Waals surface area contributed by atoms with E-state index >= 15 is 0 Å². The van der Waals surface area contributed by atoms with E-state index in [0.717, 1.165) is 0 Å². The van der Waals surface area contributed by atoms with E-state index in [0.29, 0.717) is 12.1 Å². The number of sulfone groups is 1. The van der Waals surface area contributed by atoms with Gasteiger partial charge in [0.2, 0.25) is 9.84 Å². The quantitative estimate of drug-likeness (QED) is 0.486. The number of hydrogen-bond acceptors (Lipinski definition) is 4. The third kappa shape index (κ3) is 4.92. The smallest absolute Gasteiger partial charge is 0.350 e. The predicted molar refractivity (Wildman–Crippen MR) is 86.8 cm³/mol. The van der Waals surface area contributed by atoms with Gasteiger partial charge in [-0.1, -0.05) is 48.5 Å². The van der Waals surface area contributed by atoms with Crippen LogP contribution in [0.2, 0.25) is 0 Å². The number of carbonyl (C=O) groups is 1. The Morgan fingerprint density at radius 2 is 1.54 bits per heavy atom. The van der Waals surface area contributed by atoms with Gasteiger partial charge in [-0.15, -0.1) is 0 Å². The van der Waals surface area contributed by atoms with Gasteiger partial charge in [0.25, 0.3) is 0 Å². The third-order valence-corrected chi connectivity index (χ3v) is 4.78. The zero-order chi connectivity index (χ0) is 16.7. The molecule has 0 aliphatic carbocycles. The van der Waals surface area contributed by atoms with Gasteiger partial charge in [0, 0.05) is 0 Å². The van der Waals surface area contributed by atoms with Crippen molar-refractivity contribution in [3.05, 3.63) is 71.1 Å². The highest BCUT2D eigenvalue weighted by Crippen LogP contribution is 2.22. The van der Waals surface area contributed by atoms with Crippen molar-refractivity contribution in [1.29, 1.82) is 0 Å². The van der Waals surface area contributed by atoms with Crippen LogP contribution in [0.1, 0.15) is 5.56 Å². The summed E-state index contributed by atoms with van der Waals surface area (Å²) in [6.07, 6.45) is 1.33. The van der Waals surface area contributed by atoms with E-state index in [-0.39, 0.29) is 28.8 Å². The van der Waals surface area contributed by atoms with Crippen molar-refractivity contribution in [2.75, 3.05) is 13.2 Å². The summed E-state index contributed by atoms with van der Waals surface area (Å²) in [7, 11) is -3.96. The van der Waals surface area contributed by atoms with Gasteiger partial charge in [0.15, 0.2) is 4.91 Å². The van der Waals surface area contributed by atoms with E-state index < -0.39 is 15.8 Å². The van der Waals surface area contributed by atoms with E-state index in [1.165, 1.54) is 18.2 Å². The molecule has 0 spiro atoms. The Bertz CT molecular complexity index is 790. The first-order valence-corrected chi connectivity index (χ1v) is 8.57. The fourth-order valence-electron chi connectivity index (χ4n) is 1.91. The SMILES string of the molecule is [Cl-].[NH3+]CCOC(=O)/C(=C/c1ccccc1)S(=O)(=O)c1ccccc1. The molecular formula is C17H18ClNO4S. The lowest BCUT2D eigenvalue weighted by Gasteiger charge is -2.09. The monoisotopic (exact) mass is 367 g/mol. The lowest BCUT2D eigenvalue weighted by atomic mass is 10.2. The number of hydrogen-bond donors (Lipinski definition) is 1. The number of quaternary nitrogens is 1. The number of carbonyl (C=O) groups excluding carboxylic acids is 1. The Hall–Kier alpha value is -2.15. The molecule has 2 aromatic rings. The minimum Gasteiger partial charge on any atom is -1.00 e. The second kappa shape index (κ2) is 9.22. The summed E-state index contributed by atoms with van der Waals surface area (Å²) in [6.45, 7) is 0.436. The molecule has 3 N–H and O–H groups in total. The second-order valence-corrected chi connectivity index (χ2v) is 6.64. The molecule has 0 aromatic heterocycles. The molecule has 0 aliphatic rings. The molecule has 0 amide bonds. The van der Waals surface area contributed by atoms with Gasteiger partial charge >= 0.3 is 5.97 Å². The van der Waals surface area contributed by atoms with E-state index in [4.69, 9.17) is 4.74 Å². The van der Waals surface area contributed by atoms with Gasteiger partial charge in [-0.25, -0.2) is 13.2 Å². The van der Waals surface area contributed by atoms with Crippen molar-refractivity contribution in [2.24, 2.45) is 0 Å². The summed E-state index contributed by atoms with van der Waals surface area (Å²) in [5.74, 6) is -0.874. The molecule has 0 saturated heterocycles. The zero-order valence-electron chi connectivity index (χ0n) is 12.9. The van der Waals surface area contributed by atoms with E-state index in [1.54, 1.807) is 42.5 Å². The van der Waals surface area contributed by atoms with Crippen LogP contribution >= 0.6 is 0 Å². The van der Waals surface area contributed by atoms with Crippen molar-refractivity contribution in [3.63, 3.8) is 0 Å². The predicted octanol–water partition coefficient (Wildman–Crippen LogP) is -1.71. The van der Waals surface area contributed by atoms with Gasteiger partial charge < -0.3 is 22.9 Å². The highest BCUT2D eigenvalue weighted by Gasteiger charge is 2.28. The van der Waals surface area contributed by atoms with Gasteiger partial charge in [-0.2, -0.15) is 0 Å². The zero-order valence-corrected chi connectivity index (χ0v) is 14.5. The number of rotatable bonds is 6. The Kier molecular flexibility index (Phi) is 7.64. The molecule has 0 heterocycles. The molecule has 2 rings (SSSR count). The molecule has 2 aromatic carbocycles. The van der Waals surface area contributed by atoms with Crippen LogP contribution in [0.25, 0.3) is 6.08 Å². The lowest BCUT2D eigenvalue weighted by molar-refractivity contribution is -0.372. The van der Waals surface area contributed by atoms with Crippen molar-refractivity contribution in [3.8, 4) is 0 Å². The summed E-state index contributed by atoms with van der Waals surface area (Å²) in [4.78, 5) is 11.9. The Balaban J connectivity index is 0.00000288. The molecule has 24 heavy (non-hydrogen) atoms. The van der Waals surface area contributed by atoms with Crippen LogP contribution in [0.4, 0.5) is 0 Å². The van der Waals surface area contributed by atoms with Crippen LogP contribution in [-0.4, -0.2) is 27.5 Å². The lowest BCUT2D eigenvalue weighted by Crippen LogP contribution is -3.00. The maximum atomic E-state index is 12.8.